The molecule has 2 aliphatic heterocycles. The van der Waals surface area contributed by atoms with Gasteiger partial charge in [-0.3, -0.25) is 34.0 Å². The van der Waals surface area contributed by atoms with Crippen LogP contribution in [0.15, 0.2) is 50.3 Å². The standard InChI is InChI=1S/C19H18N6O7S2/c1-23-16(28)14(26)21-22-19(23)34-8-10-7-33-17-12(20)15(27)24(17)13(10)18(29)32-6-9-2-4-11(5-3-9)25(30)31/h2-5,12,17H,6-8,20H2,1H3,(H,21,26)/t12?,17-/m1/s1. The molecule has 0 spiro atoms. The number of benzene rings is 1. The minimum atomic E-state index is -0.849. The van der Waals surface area contributed by atoms with Gasteiger partial charge in [0.05, 0.1) is 4.92 Å². The van der Waals surface area contributed by atoms with Crippen LogP contribution in [-0.2, 0) is 28.0 Å². The van der Waals surface area contributed by atoms with E-state index in [-0.39, 0.29) is 28.9 Å². The van der Waals surface area contributed by atoms with Crippen LogP contribution in [0, 0.1) is 10.1 Å². The van der Waals surface area contributed by atoms with E-state index < -0.39 is 39.3 Å². The summed E-state index contributed by atoms with van der Waals surface area (Å²) in [7, 11) is 1.41. The zero-order valence-electron chi connectivity index (χ0n) is 17.6. The topological polar surface area (TPSA) is 184 Å². The lowest BCUT2D eigenvalue weighted by molar-refractivity contribution is -0.384. The highest BCUT2D eigenvalue weighted by Gasteiger charge is 2.52. The number of hydrogen-bond acceptors (Lipinski definition) is 11. The second-order valence-electron chi connectivity index (χ2n) is 7.38. The molecule has 3 heterocycles. The average molecular weight is 507 g/mol. The number of nitrogens with one attached hydrogen (secondary N) is 1. The van der Waals surface area contributed by atoms with Gasteiger partial charge in [-0.25, -0.2) is 9.89 Å². The highest BCUT2D eigenvalue weighted by atomic mass is 32.2. The van der Waals surface area contributed by atoms with Crippen molar-refractivity contribution in [2.75, 3.05) is 11.5 Å². The maximum Gasteiger partial charge on any atom is 0.355 e. The SMILES string of the molecule is Cn1c(SCC2=C(C(=O)OCc3ccc([N+](=O)[O-])cc3)N3C(=O)C(N)[C@H]3SC2)n[nH]c(=O)c1=O. The van der Waals surface area contributed by atoms with Crippen molar-refractivity contribution in [1.82, 2.24) is 19.7 Å². The Morgan fingerprint density at radius 1 is 1.35 bits per heavy atom. The third-order valence-electron chi connectivity index (χ3n) is 5.21. The smallest absolute Gasteiger partial charge is 0.355 e. The fraction of sp³-hybridized carbons (Fsp3) is 0.316. The molecular formula is C19H18N6O7S2. The molecule has 2 aliphatic rings. The Hall–Kier alpha value is -3.43. The molecule has 0 aliphatic carbocycles. The Balaban J connectivity index is 1.55. The van der Waals surface area contributed by atoms with E-state index in [1.54, 1.807) is 0 Å². The van der Waals surface area contributed by atoms with Crippen LogP contribution in [0.5, 0.6) is 0 Å². The fourth-order valence-corrected chi connectivity index (χ4v) is 5.70. The third-order valence-corrected chi connectivity index (χ3v) is 7.69. The highest BCUT2D eigenvalue weighted by Crippen LogP contribution is 2.41. The molecule has 1 saturated heterocycles. The number of amides is 1. The second-order valence-corrected chi connectivity index (χ2v) is 9.42. The summed E-state index contributed by atoms with van der Waals surface area (Å²) >= 11 is 2.52. The van der Waals surface area contributed by atoms with Crippen molar-refractivity contribution in [3.8, 4) is 0 Å². The predicted octanol–water partition coefficient (Wildman–Crippen LogP) is -0.291. The van der Waals surface area contributed by atoms with Gasteiger partial charge in [0, 0.05) is 30.7 Å². The van der Waals surface area contributed by atoms with Gasteiger partial charge >= 0.3 is 17.1 Å². The molecular weight excluding hydrogens is 488 g/mol. The van der Waals surface area contributed by atoms with Gasteiger partial charge in [0.2, 0.25) is 5.91 Å². The van der Waals surface area contributed by atoms with Gasteiger partial charge in [-0.05, 0) is 23.3 Å². The number of carbonyl (C=O) groups excluding carboxylic acids is 2. The van der Waals surface area contributed by atoms with Crippen molar-refractivity contribution < 1.29 is 19.2 Å². The van der Waals surface area contributed by atoms with Crippen LogP contribution in [-0.4, -0.2) is 59.4 Å². The van der Waals surface area contributed by atoms with E-state index in [0.29, 0.717) is 16.9 Å². The molecule has 2 atom stereocenters. The largest absolute Gasteiger partial charge is 0.456 e. The summed E-state index contributed by atoms with van der Waals surface area (Å²) in [6.45, 7) is -0.150. The van der Waals surface area contributed by atoms with E-state index in [2.05, 4.69) is 10.2 Å². The number of nitro groups is 1. The Labute approximate surface area is 199 Å². The molecule has 0 bridgehead atoms. The van der Waals surface area contributed by atoms with Crippen LogP contribution in [0.2, 0.25) is 0 Å². The molecule has 0 saturated carbocycles. The number of nitrogens with two attached hydrogens (primary N) is 1. The van der Waals surface area contributed by atoms with Gasteiger partial charge in [0.15, 0.2) is 5.16 Å². The van der Waals surface area contributed by atoms with Gasteiger partial charge in [-0.2, -0.15) is 0 Å². The summed E-state index contributed by atoms with van der Waals surface area (Å²) in [6.07, 6.45) is 0. The molecule has 4 rings (SSSR count). The van der Waals surface area contributed by atoms with E-state index in [0.717, 1.165) is 16.3 Å². The fourth-order valence-electron chi connectivity index (χ4n) is 3.35. The number of H-pyrrole nitrogens is 1. The first kappa shape index (κ1) is 23.7. The zero-order chi connectivity index (χ0) is 24.6. The molecule has 1 aromatic carbocycles. The van der Waals surface area contributed by atoms with E-state index >= 15 is 0 Å². The van der Waals surface area contributed by atoms with Crippen molar-refractivity contribution >= 4 is 41.1 Å². The molecule has 1 amide bonds. The molecule has 1 unspecified atom stereocenters. The Bertz CT molecular complexity index is 1320. The average Bonchev–Trinajstić information content (AvgIpc) is 2.84. The Kier molecular flexibility index (Phi) is 6.58. The van der Waals surface area contributed by atoms with Crippen molar-refractivity contribution in [1.29, 1.82) is 0 Å². The van der Waals surface area contributed by atoms with Gasteiger partial charge in [-0.1, -0.05) is 11.8 Å². The first-order valence-corrected chi connectivity index (χ1v) is 11.8. The van der Waals surface area contributed by atoms with E-state index in [1.807, 2.05) is 0 Å². The summed E-state index contributed by atoms with van der Waals surface area (Å²) in [4.78, 5) is 60.3. The molecule has 15 heteroatoms. The quantitative estimate of drug-likeness (QED) is 0.126. The number of nitrogens with zero attached hydrogens (tertiary/aromatic N) is 4. The third kappa shape index (κ3) is 4.36. The zero-order valence-corrected chi connectivity index (χ0v) is 19.3. The van der Waals surface area contributed by atoms with Crippen LogP contribution < -0.4 is 16.9 Å². The summed E-state index contributed by atoms with van der Waals surface area (Å²) in [5, 5.41) is 16.6. The minimum absolute atomic E-state index is 0.0827. The monoisotopic (exact) mass is 506 g/mol. The summed E-state index contributed by atoms with van der Waals surface area (Å²) in [5.74, 6) is -0.541. The van der Waals surface area contributed by atoms with Crippen molar-refractivity contribution in [2.45, 2.75) is 23.2 Å². The highest BCUT2D eigenvalue weighted by molar-refractivity contribution is 8.01. The molecule has 34 heavy (non-hydrogen) atoms. The number of thioether (sulfide) groups is 2. The number of β-lactam (4-membered cyclic amide) rings is 1. The Morgan fingerprint density at radius 2 is 2.06 bits per heavy atom. The summed E-state index contributed by atoms with van der Waals surface area (Å²) < 4.78 is 6.50. The van der Waals surface area contributed by atoms with Crippen LogP contribution in [0.3, 0.4) is 0 Å². The first-order chi connectivity index (χ1) is 16.2. The number of non-ortho nitro benzene ring substituents is 1. The van der Waals surface area contributed by atoms with E-state index in [1.165, 1.54) is 48.0 Å². The molecule has 3 N–H and O–H groups in total. The van der Waals surface area contributed by atoms with Crippen LogP contribution in [0.1, 0.15) is 5.56 Å². The minimum Gasteiger partial charge on any atom is -0.456 e. The van der Waals surface area contributed by atoms with Gasteiger partial charge in [0.25, 0.3) is 5.69 Å². The van der Waals surface area contributed by atoms with Gasteiger partial charge < -0.3 is 10.5 Å². The van der Waals surface area contributed by atoms with Crippen molar-refractivity contribution in [2.24, 2.45) is 12.8 Å². The lowest BCUT2D eigenvalue weighted by Crippen LogP contribution is -2.68. The number of nitro benzene ring substituents is 1. The molecule has 1 fully saturated rings. The maximum absolute atomic E-state index is 13.0. The molecule has 1 aromatic heterocycles. The second kappa shape index (κ2) is 9.44. The number of fused-ring (bicyclic) bond motifs is 1. The number of aromatic nitrogens is 3. The van der Waals surface area contributed by atoms with Gasteiger partial charge in [0.1, 0.15) is 23.7 Å². The van der Waals surface area contributed by atoms with Gasteiger partial charge in [-0.15, -0.1) is 16.9 Å². The number of rotatable bonds is 7. The van der Waals surface area contributed by atoms with Crippen molar-refractivity contribution in [3.63, 3.8) is 0 Å². The Morgan fingerprint density at radius 3 is 2.74 bits per heavy atom. The van der Waals surface area contributed by atoms with Crippen LogP contribution in [0.25, 0.3) is 0 Å². The lowest BCUT2D eigenvalue weighted by Gasteiger charge is -2.48. The van der Waals surface area contributed by atoms with E-state index in [9.17, 15) is 29.3 Å². The molecule has 0 radical (unpaired) electrons. The normalized spacial score (nSPS) is 19.5. The lowest BCUT2D eigenvalue weighted by atomic mass is 10.0. The van der Waals surface area contributed by atoms with E-state index in [4.69, 9.17) is 10.5 Å². The molecule has 13 nitrogen and oxygen atoms in total. The molecule has 178 valence electrons. The molecule has 2 aromatic rings. The predicted molar refractivity (Wildman–Crippen MR) is 122 cm³/mol. The number of ether oxygens (including phenoxy) is 1. The first-order valence-electron chi connectivity index (χ1n) is 9.80. The maximum atomic E-state index is 13.0. The number of esters is 1. The number of hydrogen-bond donors (Lipinski definition) is 2. The van der Waals surface area contributed by atoms with Crippen molar-refractivity contribution in [3.05, 3.63) is 71.9 Å². The van der Waals surface area contributed by atoms with Crippen LogP contribution >= 0.6 is 23.5 Å². The summed E-state index contributed by atoms with van der Waals surface area (Å²) in [6, 6.07) is 4.83. The number of carbonyl (C=O) groups is 2. The summed E-state index contributed by atoms with van der Waals surface area (Å²) in [5.41, 5.74) is 5.37. The van der Waals surface area contributed by atoms with Crippen LogP contribution in [0.4, 0.5) is 5.69 Å². The number of aromatic amines is 1.